The third-order valence-corrected chi connectivity index (χ3v) is 13.1. The number of anilines is 2. The number of urea groups is 1. The molecule has 17 nitrogen and oxygen atoms in total. The summed E-state index contributed by atoms with van der Waals surface area (Å²) in [5.41, 5.74) is 10.1. The van der Waals surface area contributed by atoms with Gasteiger partial charge in [-0.2, -0.15) is 5.10 Å². The van der Waals surface area contributed by atoms with Gasteiger partial charge in [0.15, 0.2) is 5.65 Å². The topological polar surface area (TPSA) is 192 Å². The number of para-hydroxylation sites is 1. The highest BCUT2D eigenvalue weighted by Crippen LogP contribution is 2.36. The van der Waals surface area contributed by atoms with Crippen molar-refractivity contribution in [3.63, 3.8) is 0 Å². The SMILES string of the molecule is Nc1ncnc2c1c(-c1ccc(Oc3ccccc3)cc1)nn2C1CCN(C(=O)N2CCC(N3CCN(c4ccc5c(c4)C(=O)N(C4CCC(=O)NC4=O)C5=O)CC3)CC2)CC1. The molecule has 0 bridgehead atoms. The van der Waals surface area contributed by atoms with Gasteiger partial charge in [-0.15, -0.1) is 0 Å². The third kappa shape index (κ3) is 7.25. The number of benzene rings is 3. The van der Waals surface area contributed by atoms with Crippen LogP contribution in [0.25, 0.3) is 22.3 Å². The van der Waals surface area contributed by atoms with E-state index in [2.05, 4.69) is 25.1 Å². The fraction of sp³-hybridized carbons (Fsp3) is 0.378. The van der Waals surface area contributed by atoms with Gasteiger partial charge in [0, 0.05) is 76.1 Å². The van der Waals surface area contributed by atoms with E-state index in [1.165, 1.54) is 6.33 Å². The van der Waals surface area contributed by atoms with Gasteiger partial charge >= 0.3 is 6.03 Å². The van der Waals surface area contributed by atoms with Crippen LogP contribution in [0.4, 0.5) is 16.3 Å². The van der Waals surface area contributed by atoms with Crippen molar-refractivity contribution in [2.75, 3.05) is 63.0 Å². The molecular formula is C45H47N11O6. The number of carbonyl (C=O) groups is 5. The number of likely N-dealkylation sites (tertiary alicyclic amines) is 2. The second-order valence-corrected chi connectivity index (χ2v) is 16.6. The van der Waals surface area contributed by atoms with Crippen LogP contribution in [0, 0.1) is 0 Å². The van der Waals surface area contributed by atoms with E-state index in [4.69, 9.17) is 15.6 Å². The number of fused-ring (bicyclic) bond motifs is 2. The predicted molar refractivity (Wildman–Crippen MR) is 228 cm³/mol. The highest BCUT2D eigenvalue weighted by molar-refractivity contribution is 6.23. The van der Waals surface area contributed by atoms with Crippen LogP contribution in [0.2, 0.25) is 0 Å². The molecule has 1 atom stereocenters. The maximum absolute atomic E-state index is 13.8. The Hall–Kier alpha value is -6.88. The molecule has 5 aliphatic rings. The van der Waals surface area contributed by atoms with Crippen LogP contribution in [0.15, 0.2) is 79.1 Å². The summed E-state index contributed by atoms with van der Waals surface area (Å²) in [6, 6.07) is 22.2. The second kappa shape index (κ2) is 16.2. The number of hydrogen-bond donors (Lipinski definition) is 2. The Morgan fingerprint density at radius 1 is 0.710 bits per heavy atom. The lowest BCUT2D eigenvalue weighted by Gasteiger charge is -2.44. The van der Waals surface area contributed by atoms with Crippen molar-refractivity contribution in [3.05, 3.63) is 90.3 Å². The van der Waals surface area contributed by atoms with Gasteiger partial charge in [-0.25, -0.2) is 19.4 Å². The van der Waals surface area contributed by atoms with Crippen molar-refractivity contribution < 1.29 is 28.7 Å². The minimum Gasteiger partial charge on any atom is -0.457 e. The molecule has 10 rings (SSSR count). The van der Waals surface area contributed by atoms with Crippen LogP contribution in [0.3, 0.4) is 0 Å². The molecule has 0 spiro atoms. The zero-order chi connectivity index (χ0) is 42.5. The molecule has 1 unspecified atom stereocenters. The molecular weight excluding hydrogens is 791 g/mol. The number of nitrogens with zero attached hydrogens (tertiary/aromatic N) is 9. The van der Waals surface area contributed by atoms with Crippen LogP contribution in [0.5, 0.6) is 11.5 Å². The van der Waals surface area contributed by atoms with E-state index in [0.717, 1.165) is 73.8 Å². The molecule has 4 saturated heterocycles. The first-order valence-corrected chi connectivity index (χ1v) is 21.4. The van der Waals surface area contributed by atoms with Crippen LogP contribution in [-0.4, -0.2) is 133 Å². The average Bonchev–Trinajstić information content (AvgIpc) is 3.82. The summed E-state index contributed by atoms with van der Waals surface area (Å²) in [5, 5.41) is 8.01. The summed E-state index contributed by atoms with van der Waals surface area (Å²) in [6.07, 6.45) is 4.96. The molecule has 3 N–H and O–H groups in total. The smallest absolute Gasteiger partial charge is 0.320 e. The number of amides is 6. The number of imide groups is 2. The molecule has 0 saturated carbocycles. The van der Waals surface area contributed by atoms with Crippen LogP contribution >= 0.6 is 0 Å². The van der Waals surface area contributed by atoms with Gasteiger partial charge in [0.05, 0.1) is 22.6 Å². The number of rotatable bonds is 7. The molecule has 62 heavy (non-hydrogen) atoms. The average molecular weight is 838 g/mol. The number of piperidine rings is 3. The fourth-order valence-corrected chi connectivity index (χ4v) is 9.68. The Morgan fingerprint density at radius 2 is 1.37 bits per heavy atom. The Bertz CT molecular complexity index is 2560. The quantitative estimate of drug-likeness (QED) is 0.221. The van der Waals surface area contributed by atoms with Gasteiger partial charge < -0.3 is 25.2 Å². The first-order valence-electron chi connectivity index (χ1n) is 21.4. The lowest BCUT2D eigenvalue weighted by molar-refractivity contribution is -0.136. The number of ether oxygens (including phenoxy) is 1. The Balaban J connectivity index is 0.716. The number of nitrogens with two attached hydrogens (primary N) is 1. The van der Waals surface area contributed by atoms with Gasteiger partial charge in [0.1, 0.15) is 35.4 Å². The van der Waals surface area contributed by atoms with Crippen molar-refractivity contribution in [2.24, 2.45) is 0 Å². The van der Waals surface area contributed by atoms with E-state index in [0.29, 0.717) is 60.5 Å². The zero-order valence-corrected chi connectivity index (χ0v) is 34.2. The maximum atomic E-state index is 13.8. The number of aromatic nitrogens is 4. The molecule has 0 aliphatic carbocycles. The summed E-state index contributed by atoms with van der Waals surface area (Å²) in [7, 11) is 0. The molecule has 5 aromatic rings. The molecule has 3 aromatic carbocycles. The molecule has 7 heterocycles. The molecule has 2 aromatic heterocycles. The van der Waals surface area contributed by atoms with Crippen LogP contribution in [-0.2, 0) is 9.59 Å². The van der Waals surface area contributed by atoms with Crippen LogP contribution in [0.1, 0.15) is 65.3 Å². The normalized spacial score (nSPS) is 20.5. The van der Waals surface area contributed by atoms with Crippen LogP contribution < -0.4 is 20.7 Å². The largest absolute Gasteiger partial charge is 0.457 e. The van der Waals surface area contributed by atoms with Crippen molar-refractivity contribution >= 4 is 52.2 Å². The van der Waals surface area contributed by atoms with E-state index in [1.807, 2.05) is 75.1 Å². The highest BCUT2D eigenvalue weighted by atomic mass is 16.5. The maximum Gasteiger partial charge on any atom is 0.320 e. The van der Waals surface area contributed by atoms with Gasteiger partial charge in [0.25, 0.3) is 11.8 Å². The number of nitrogens with one attached hydrogen (secondary N) is 1. The van der Waals surface area contributed by atoms with Crippen molar-refractivity contribution in [1.29, 1.82) is 0 Å². The Labute approximate surface area is 357 Å². The summed E-state index contributed by atoms with van der Waals surface area (Å²) >= 11 is 0. The third-order valence-electron chi connectivity index (χ3n) is 13.1. The lowest BCUT2D eigenvalue weighted by atomic mass is 10.0. The number of carbonyl (C=O) groups excluding carboxylic acids is 5. The van der Waals surface area contributed by atoms with E-state index in [9.17, 15) is 24.0 Å². The van der Waals surface area contributed by atoms with E-state index >= 15 is 0 Å². The first kappa shape index (κ1) is 39.3. The minimum absolute atomic E-state index is 0.0435. The van der Waals surface area contributed by atoms with Gasteiger partial charge in [0.2, 0.25) is 11.8 Å². The van der Waals surface area contributed by atoms with Crippen molar-refractivity contribution in [3.8, 4) is 22.8 Å². The molecule has 17 heteroatoms. The van der Waals surface area contributed by atoms with Gasteiger partial charge in [-0.3, -0.25) is 34.3 Å². The molecule has 318 valence electrons. The number of hydrogen-bond acceptors (Lipinski definition) is 12. The number of nitrogen functional groups attached to an aromatic ring is 1. The minimum atomic E-state index is -0.988. The monoisotopic (exact) mass is 837 g/mol. The molecule has 0 radical (unpaired) electrons. The summed E-state index contributed by atoms with van der Waals surface area (Å²) in [5.74, 6) is -0.175. The number of piperazine rings is 1. The summed E-state index contributed by atoms with van der Waals surface area (Å²) < 4.78 is 7.96. The van der Waals surface area contributed by atoms with Crippen molar-refractivity contribution in [1.82, 2.24) is 44.7 Å². The van der Waals surface area contributed by atoms with E-state index < -0.39 is 29.7 Å². The predicted octanol–water partition coefficient (Wildman–Crippen LogP) is 4.31. The molecule has 6 amide bonds. The van der Waals surface area contributed by atoms with Crippen molar-refractivity contribution in [2.45, 2.75) is 56.7 Å². The second-order valence-electron chi connectivity index (χ2n) is 16.6. The van der Waals surface area contributed by atoms with E-state index in [-0.39, 0.29) is 36.0 Å². The Kier molecular flexibility index (Phi) is 10.3. The lowest BCUT2D eigenvalue weighted by Crippen LogP contribution is -2.55. The Morgan fingerprint density at radius 3 is 2.06 bits per heavy atom. The van der Waals surface area contributed by atoms with Gasteiger partial charge in [-0.05, 0) is 86.7 Å². The van der Waals surface area contributed by atoms with E-state index in [1.54, 1.807) is 12.1 Å². The fourth-order valence-electron chi connectivity index (χ4n) is 9.68. The molecule has 4 fully saturated rings. The summed E-state index contributed by atoms with van der Waals surface area (Å²) in [4.78, 5) is 83.1. The highest BCUT2D eigenvalue weighted by Gasteiger charge is 2.45. The standard InChI is InChI=1S/C45H47N11O6/c46-40-38-39(28-6-9-33(10-7-28)62-32-4-2-1-3-5-32)50-56(41(38)48-27-47-40)30-16-20-54(21-17-30)45(61)53-18-14-29(15-19-53)51-22-24-52(25-23-51)31-8-11-34-35(26-31)44(60)55(43(34)59)36-12-13-37(57)49-42(36)58/h1-11,26-27,29-30,36H,12-25H2,(H2,46,47,48)(H,49,57,58). The zero-order valence-electron chi connectivity index (χ0n) is 34.2. The molecule has 5 aliphatic heterocycles. The van der Waals surface area contributed by atoms with Gasteiger partial charge in [-0.1, -0.05) is 18.2 Å². The summed E-state index contributed by atoms with van der Waals surface area (Å²) in [6.45, 7) is 5.83. The first-order chi connectivity index (χ1) is 30.2.